The molecule has 2 fully saturated rings. The molecule has 3 amide bonds. The standard InChI is InChI=1S/C19H25N3O4/c1-3-26-16(23)14-8-7-11-21(12-14)13-22-17(24)19(2,20-18(22)25)15-9-5-4-6-10-15/h4-6,9-10,14H,3,7-8,11-13H2,1-2H3,(H,20,25)/t14-,19+/m0/s1. The number of likely N-dealkylation sites (tertiary alicyclic amines) is 1. The Bertz CT molecular complexity index is 693. The summed E-state index contributed by atoms with van der Waals surface area (Å²) in [5, 5.41) is 2.81. The molecule has 26 heavy (non-hydrogen) atoms. The van der Waals surface area contributed by atoms with Gasteiger partial charge in [0.25, 0.3) is 5.91 Å². The number of ether oxygens (including phenoxy) is 1. The Morgan fingerprint density at radius 1 is 1.31 bits per heavy atom. The van der Waals surface area contributed by atoms with Crippen LogP contribution in [0.2, 0.25) is 0 Å². The van der Waals surface area contributed by atoms with Crippen LogP contribution >= 0.6 is 0 Å². The molecule has 0 radical (unpaired) electrons. The maximum atomic E-state index is 13.0. The van der Waals surface area contributed by atoms with Crippen molar-refractivity contribution in [2.24, 2.45) is 5.92 Å². The van der Waals surface area contributed by atoms with Gasteiger partial charge in [-0.3, -0.25) is 14.5 Å². The summed E-state index contributed by atoms with van der Waals surface area (Å²) >= 11 is 0. The lowest BCUT2D eigenvalue weighted by atomic mass is 9.92. The normalized spacial score (nSPS) is 26.7. The van der Waals surface area contributed by atoms with Gasteiger partial charge in [-0.05, 0) is 38.8 Å². The maximum Gasteiger partial charge on any atom is 0.326 e. The van der Waals surface area contributed by atoms with Crippen molar-refractivity contribution in [1.82, 2.24) is 15.1 Å². The first-order valence-corrected chi connectivity index (χ1v) is 9.04. The predicted octanol–water partition coefficient (Wildman–Crippen LogP) is 1.69. The lowest BCUT2D eigenvalue weighted by Gasteiger charge is -2.33. The van der Waals surface area contributed by atoms with Crippen molar-refractivity contribution in [3.8, 4) is 0 Å². The zero-order valence-corrected chi connectivity index (χ0v) is 15.2. The van der Waals surface area contributed by atoms with Crippen molar-refractivity contribution in [2.45, 2.75) is 32.2 Å². The van der Waals surface area contributed by atoms with Crippen LogP contribution in [0, 0.1) is 5.92 Å². The molecule has 0 aliphatic carbocycles. The minimum absolute atomic E-state index is 0.184. The SMILES string of the molecule is CCOC(=O)[C@H]1CCCN(CN2C(=O)N[C@](C)(c3ccccc3)C2=O)C1. The van der Waals surface area contributed by atoms with Gasteiger partial charge in [0, 0.05) is 6.54 Å². The predicted molar refractivity (Wildman–Crippen MR) is 95.0 cm³/mol. The van der Waals surface area contributed by atoms with Crippen molar-refractivity contribution >= 4 is 17.9 Å². The molecule has 0 bridgehead atoms. The van der Waals surface area contributed by atoms with Crippen molar-refractivity contribution in [2.75, 3.05) is 26.4 Å². The van der Waals surface area contributed by atoms with E-state index in [-0.39, 0.29) is 24.5 Å². The number of nitrogens with zero attached hydrogens (tertiary/aromatic N) is 2. The van der Waals surface area contributed by atoms with Crippen LogP contribution in [0.5, 0.6) is 0 Å². The largest absolute Gasteiger partial charge is 0.466 e. The number of piperidine rings is 1. The average molecular weight is 359 g/mol. The Kier molecular flexibility index (Phi) is 5.27. The highest BCUT2D eigenvalue weighted by Crippen LogP contribution is 2.29. The van der Waals surface area contributed by atoms with E-state index in [1.165, 1.54) is 4.90 Å². The highest BCUT2D eigenvalue weighted by atomic mass is 16.5. The molecular formula is C19H25N3O4. The van der Waals surface area contributed by atoms with Crippen molar-refractivity contribution in [3.05, 3.63) is 35.9 Å². The molecule has 2 aliphatic heterocycles. The third-order valence-electron chi connectivity index (χ3n) is 5.09. The molecule has 0 saturated carbocycles. The van der Waals surface area contributed by atoms with Gasteiger partial charge in [0.15, 0.2) is 0 Å². The number of carbonyl (C=O) groups excluding carboxylic acids is 3. The fourth-order valence-corrected chi connectivity index (χ4v) is 3.63. The second kappa shape index (κ2) is 7.45. The number of hydrogen-bond donors (Lipinski definition) is 1. The Morgan fingerprint density at radius 2 is 2.04 bits per heavy atom. The molecule has 0 spiro atoms. The van der Waals surface area contributed by atoms with E-state index in [2.05, 4.69) is 5.32 Å². The summed E-state index contributed by atoms with van der Waals surface area (Å²) in [4.78, 5) is 40.6. The molecule has 2 atom stereocenters. The van der Waals surface area contributed by atoms with Crippen LogP contribution in [0.3, 0.4) is 0 Å². The lowest BCUT2D eigenvalue weighted by Crippen LogP contribution is -2.48. The van der Waals surface area contributed by atoms with E-state index in [0.29, 0.717) is 13.2 Å². The molecule has 7 nitrogen and oxygen atoms in total. The molecule has 2 aliphatic rings. The molecule has 3 rings (SSSR count). The number of urea groups is 1. The molecule has 1 aromatic rings. The van der Waals surface area contributed by atoms with E-state index >= 15 is 0 Å². The van der Waals surface area contributed by atoms with Crippen molar-refractivity contribution < 1.29 is 19.1 Å². The van der Waals surface area contributed by atoms with E-state index in [1.807, 2.05) is 35.2 Å². The second-order valence-corrected chi connectivity index (χ2v) is 6.96. The molecule has 0 aromatic heterocycles. The topological polar surface area (TPSA) is 79.0 Å². The van der Waals surface area contributed by atoms with E-state index < -0.39 is 11.6 Å². The zero-order chi connectivity index (χ0) is 18.7. The number of rotatable bonds is 5. The zero-order valence-electron chi connectivity index (χ0n) is 15.2. The summed E-state index contributed by atoms with van der Waals surface area (Å²) in [6.45, 7) is 5.30. The maximum absolute atomic E-state index is 13.0. The van der Waals surface area contributed by atoms with Crippen LogP contribution in [0.15, 0.2) is 30.3 Å². The Hall–Kier alpha value is -2.41. The van der Waals surface area contributed by atoms with Crippen LogP contribution in [-0.4, -0.2) is 54.1 Å². The van der Waals surface area contributed by atoms with Gasteiger partial charge in [-0.15, -0.1) is 0 Å². The van der Waals surface area contributed by atoms with E-state index in [0.717, 1.165) is 24.9 Å². The summed E-state index contributed by atoms with van der Waals surface area (Å²) in [7, 11) is 0. The Balaban J connectivity index is 1.69. The monoisotopic (exact) mass is 359 g/mol. The number of nitrogens with one attached hydrogen (secondary N) is 1. The van der Waals surface area contributed by atoms with E-state index in [9.17, 15) is 14.4 Å². The minimum Gasteiger partial charge on any atom is -0.466 e. The Labute approximate surface area is 153 Å². The van der Waals surface area contributed by atoms with Gasteiger partial charge in [-0.25, -0.2) is 9.69 Å². The number of imide groups is 1. The summed E-state index contributed by atoms with van der Waals surface area (Å²) in [5.74, 6) is -0.680. The van der Waals surface area contributed by atoms with Crippen LogP contribution in [0.4, 0.5) is 4.79 Å². The van der Waals surface area contributed by atoms with Crippen LogP contribution in [0.1, 0.15) is 32.3 Å². The van der Waals surface area contributed by atoms with Gasteiger partial charge in [-0.1, -0.05) is 30.3 Å². The first-order valence-electron chi connectivity index (χ1n) is 9.04. The first kappa shape index (κ1) is 18.4. The van der Waals surface area contributed by atoms with Crippen LogP contribution in [-0.2, 0) is 19.9 Å². The Morgan fingerprint density at radius 3 is 2.73 bits per heavy atom. The van der Waals surface area contributed by atoms with Gasteiger partial charge in [0.1, 0.15) is 5.54 Å². The number of hydrogen-bond acceptors (Lipinski definition) is 5. The van der Waals surface area contributed by atoms with Gasteiger partial charge < -0.3 is 10.1 Å². The quantitative estimate of drug-likeness (QED) is 0.639. The number of carbonyl (C=O) groups is 3. The number of benzene rings is 1. The highest BCUT2D eigenvalue weighted by molar-refractivity contribution is 6.07. The van der Waals surface area contributed by atoms with Gasteiger partial charge in [-0.2, -0.15) is 0 Å². The smallest absolute Gasteiger partial charge is 0.326 e. The minimum atomic E-state index is -1.06. The first-order chi connectivity index (χ1) is 12.5. The molecule has 140 valence electrons. The van der Waals surface area contributed by atoms with Gasteiger partial charge in [0.05, 0.1) is 19.2 Å². The molecule has 0 unspecified atom stereocenters. The third-order valence-corrected chi connectivity index (χ3v) is 5.09. The molecule has 1 N–H and O–H groups in total. The summed E-state index contributed by atoms with van der Waals surface area (Å²) in [5.41, 5.74) is -0.307. The van der Waals surface area contributed by atoms with Gasteiger partial charge in [0.2, 0.25) is 0 Å². The average Bonchev–Trinajstić information content (AvgIpc) is 2.87. The van der Waals surface area contributed by atoms with Gasteiger partial charge >= 0.3 is 12.0 Å². The molecular weight excluding hydrogens is 334 g/mol. The number of esters is 1. The molecule has 1 aromatic carbocycles. The van der Waals surface area contributed by atoms with Crippen molar-refractivity contribution in [3.63, 3.8) is 0 Å². The van der Waals surface area contributed by atoms with E-state index in [4.69, 9.17) is 4.74 Å². The van der Waals surface area contributed by atoms with Crippen molar-refractivity contribution in [1.29, 1.82) is 0 Å². The summed E-state index contributed by atoms with van der Waals surface area (Å²) in [6, 6.07) is 8.82. The van der Waals surface area contributed by atoms with Crippen LogP contribution in [0.25, 0.3) is 0 Å². The fraction of sp³-hybridized carbons (Fsp3) is 0.526. The van der Waals surface area contributed by atoms with E-state index in [1.54, 1.807) is 13.8 Å². The summed E-state index contributed by atoms with van der Waals surface area (Å²) in [6.07, 6.45) is 1.61. The molecule has 2 saturated heterocycles. The summed E-state index contributed by atoms with van der Waals surface area (Å²) < 4.78 is 5.11. The third kappa shape index (κ3) is 3.44. The molecule has 7 heteroatoms. The lowest BCUT2D eigenvalue weighted by molar-refractivity contribution is -0.150. The number of amides is 3. The second-order valence-electron chi connectivity index (χ2n) is 6.96. The van der Waals surface area contributed by atoms with Crippen LogP contribution < -0.4 is 5.32 Å². The highest BCUT2D eigenvalue weighted by Gasteiger charge is 2.49. The molecule has 2 heterocycles. The fourth-order valence-electron chi connectivity index (χ4n) is 3.63.